The van der Waals surface area contributed by atoms with Crippen LogP contribution in [-0.2, 0) is 20.4 Å². The van der Waals surface area contributed by atoms with Crippen LogP contribution in [0.3, 0.4) is 0 Å². The Morgan fingerprint density at radius 2 is 1.67 bits per heavy atom. The number of esters is 1. The van der Waals surface area contributed by atoms with Crippen LogP contribution >= 0.6 is 0 Å². The van der Waals surface area contributed by atoms with Crippen molar-refractivity contribution in [3.63, 3.8) is 0 Å². The molecule has 2 nitrogen and oxygen atoms in total. The molecule has 0 radical (unpaired) electrons. The molecule has 14 atom stereocenters. The first-order valence-electron chi connectivity index (χ1n) is 21.0. The standard InChI is InChI=1S/C49H38O2/c1-16-20-13-21-18-10-11-19-22-14-23-24-15-25-34-32(24)37-30(23)29(22)35-27(19)28(18)36-31(21)33(20)45-42-40(36)38(35)39(37)41(42)44(34)48-43(25)46(48)47(49(16,45)48,12-6-9-26(50)51-2)17-7-4-3-5-8-17/h3-5,7-8,16,18-23,31,33,43,46H,6,9-15H2,1-2H3. The molecule has 0 N–H and O–H groups in total. The van der Waals surface area contributed by atoms with E-state index in [2.05, 4.69) is 37.3 Å². The average Bonchev–Trinajstić information content (AvgIpc) is 3.95. The number of allylic oxidation sites excluding steroid dienone is 1. The molecule has 0 amide bonds. The van der Waals surface area contributed by atoms with Crippen molar-refractivity contribution in [1.29, 1.82) is 0 Å². The van der Waals surface area contributed by atoms with E-state index in [0.717, 1.165) is 54.3 Å². The number of fused-ring (bicyclic) bond motifs is 5. The molecule has 2 spiro atoms. The van der Waals surface area contributed by atoms with Gasteiger partial charge in [0.2, 0.25) is 0 Å². The largest absolute Gasteiger partial charge is 0.469 e. The molecule has 4 fully saturated rings. The van der Waals surface area contributed by atoms with Gasteiger partial charge in [0.15, 0.2) is 0 Å². The maximum Gasteiger partial charge on any atom is 0.305 e. The molecule has 4 aromatic carbocycles. The van der Waals surface area contributed by atoms with Gasteiger partial charge in [-0.1, -0.05) is 48.4 Å². The van der Waals surface area contributed by atoms with Crippen LogP contribution in [0, 0.1) is 40.9 Å². The van der Waals surface area contributed by atoms with E-state index in [1.54, 1.807) is 23.4 Å². The lowest BCUT2D eigenvalue weighted by Gasteiger charge is -2.69. The van der Waals surface area contributed by atoms with E-state index in [0.29, 0.717) is 30.1 Å². The van der Waals surface area contributed by atoms with E-state index in [4.69, 9.17) is 4.74 Å². The Hall–Kier alpha value is -3.65. The van der Waals surface area contributed by atoms with Crippen LogP contribution in [0.4, 0.5) is 0 Å². The highest BCUT2D eigenvalue weighted by atomic mass is 16.5. The van der Waals surface area contributed by atoms with Gasteiger partial charge in [-0.3, -0.25) is 4.79 Å². The van der Waals surface area contributed by atoms with E-state index in [9.17, 15) is 4.79 Å². The summed E-state index contributed by atoms with van der Waals surface area (Å²) in [6.45, 7) is 2.80. The summed E-state index contributed by atoms with van der Waals surface area (Å²) in [4.78, 5) is 12.8. The van der Waals surface area contributed by atoms with Crippen molar-refractivity contribution >= 4 is 44.2 Å². The SMILES string of the molecule is COC(=O)CCCC1(c2ccccc2)C2C3C4=c5c6c7c8c9c%10c%11c%12c%13c%14c%15c(c%128)C7=C7C8C(CC(C%14CCC%13C%11CC%10C(=c59)C4)C%158)C(C)C71C632. The van der Waals surface area contributed by atoms with Crippen LogP contribution in [0.1, 0.15) is 138 Å². The van der Waals surface area contributed by atoms with E-state index < -0.39 is 0 Å². The first-order chi connectivity index (χ1) is 25.1. The Morgan fingerprint density at radius 1 is 0.824 bits per heavy atom. The maximum atomic E-state index is 12.8. The minimum atomic E-state index is -0.0304. The Balaban J connectivity index is 1.09. The number of hydrogen-bond acceptors (Lipinski definition) is 2. The van der Waals surface area contributed by atoms with Crippen LogP contribution in [0.25, 0.3) is 38.3 Å². The molecule has 14 aliphatic carbocycles. The fourth-order valence-electron chi connectivity index (χ4n) is 20.9. The number of methoxy groups -OCH3 is 1. The molecule has 246 valence electrons. The Labute approximate surface area is 296 Å². The molecule has 14 aliphatic rings. The van der Waals surface area contributed by atoms with Crippen molar-refractivity contribution in [2.24, 2.45) is 40.9 Å². The van der Waals surface area contributed by atoms with Gasteiger partial charge in [0, 0.05) is 28.6 Å². The third kappa shape index (κ3) is 1.69. The van der Waals surface area contributed by atoms with Gasteiger partial charge in [0.05, 0.1) is 7.11 Å². The Bertz CT molecular complexity index is 2920. The van der Waals surface area contributed by atoms with E-state index >= 15 is 0 Å². The first kappa shape index (κ1) is 24.6. The summed E-state index contributed by atoms with van der Waals surface area (Å²) in [7, 11) is 1.58. The molecular formula is C49H38O2. The lowest BCUT2D eigenvalue weighted by atomic mass is 9.32. The van der Waals surface area contributed by atoms with Crippen LogP contribution in [-0.4, -0.2) is 13.1 Å². The smallest absolute Gasteiger partial charge is 0.305 e. The fraction of sp³-hybridized carbons (Fsp3) is 0.490. The van der Waals surface area contributed by atoms with E-state index in [-0.39, 0.29) is 22.2 Å². The second kappa shape index (κ2) is 6.47. The third-order valence-corrected chi connectivity index (χ3v) is 20.8. The number of ether oxygens (including phenoxy) is 1. The van der Waals surface area contributed by atoms with Crippen molar-refractivity contribution in [2.45, 2.75) is 98.7 Å². The number of carbonyl (C=O) groups excluding carboxylic acids is 1. The molecule has 51 heavy (non-hydrogen) atoms. The Morgan fingerprint density at radius 3 is 2.55 bits per heavy atom. The summed E-state index contributed by atoms with van der Waals surface area (Å²) >= 11 is 0. The third-order valence-electron chi connectivity index (χ3n) is 20.8. The summed E-state index contributed by atoms with van der Waals surface area (Å²) in [5, 5.41) is 10.9. The second-order valence-electron chi connectivity index (χ2n) is 20.4. The normalized spacial score (nSPS) is 47.2. The molecule has 0 saturated heterocycles. The van der Waals surface area contributed by atoms with Crippen molar-refractivity contribution in [3.8, 4) is 0 Å². The van der Waals surface area contributed by atoms with Crippen molar-refractivity contribution in [3.05, 3.63) is 96.4 Å². The van der Waals surface area contributed by atoms with Gasteiger partial charge in [-0.2, -0.15) is 0 Å². The van der Waals surface area contributed by atoms with Gasteiger partial charge in [0.1, 0.15) is 0 Å². The zero-order valence-electron chi connectivity index (χ0n) is 29.2. The van der Waals surface area contributed by atoms with E-state index in [1.807, 2.05) is 88.0 Å². The number of carbonyl (C=O) groups is 1. The fourth-order valence-corrected chi connectivity index (χ4v) is 20.9. The highest BCUT2D eigenvalue weighted by molar-refractivity contribution is 6.31. The monoisotopic (exact) mass is 658 g/mol. The Kier molecular flexibility index (Phi) is 3.12. The van der Waals surface area contributed by atoms with Gasteiger partial charge in [-0.15, -0.1) is 0 Å². The summed E-state index contributed by atoms with van der Waals surface area (Å²) in [6.07, 6.45) is 9.65. The highest BCUT2D eigenvalue weighted by Crippen LogP contribution is 3.01. The zero-order valence-corrected chi connectivity index (χ0v) is 29.2. The minimum absolute atomic E-state index is 0.0304. The van der Waals surface area contributed by atoms with Gasteiger partial charge in [0.25, 0.3) is 0 Å². The summed E-state index contributed by atoms with van der Waals surface area (Å²) in [5.41, 5.74) is 24.9. The quantitative estimate of drug-likeness (QED) is 0.141. The molecule has 0 heterocycles. The van der Waals surface area contributed by atoms with Crippen molar-refractivity contribution < 1.29 is 9.53 Å². The summed E-state index contributed by atoms with van der Waals surface area (Å²) in [6, 6.07) is 12.0. The lowest BCUT2D eigenvalue weighted by molar-refractivity contribution is -0.141. The van der Waals surface area contributed by atoms with Gasteiger partial charge < -0.3 is 4.74 Å². The van der Waals surface area contributed by atoms with Crippen molar-refractivity contribution in [2.75, 3.05) is 7.11 Å². The number of hydrogen-bond donors (Lipinski definition) is 0. The molecule has 4 aromatic rings. The molecule has 14 unspecified atom stereocenters. The molecule has 0 bridgehead atoms. The molecule has 18 rings (SSSR count). The maximum absolute atomic E-state index is 12.8. The van der Waals surface area contributed by atoms with E-state index in [1.165, 1.54) is 32.1 Å². The lowest BCUT2D eigenvalue weighted by Crippen LogP contribution is -2.69. The summed E-state index contributed by atoms with van der Waals surface area (Å²) < 4.78 is 5.30. The van der Waals surface area contributed by atoms with Gasteiger partial charge in [-0.05, 0) is 197 Å². The van der Waals surface area contributed by atoms with Crippen LogP contribution in [0.5, 0.6) is 0 Å². The van der Waals surface area contributed by atoms with Gasteiger partial charge >= 0.3 is 5.97 Å². The minimum Gasteiger partial charge on any atom is -0.469 e. The predicted octanol–water partition coefficient (Wildman–Crippen LogP) is 8.18. The van der Waals surface area contributed by atoms with Crippen LogP contribution in [0.2, 0.25) is 0 Å². The average molecular weight is 659 g/mol. The highest BCUT2D eigenvalue weighted by Gasteiger charge is 3.00. The van der Waals surface area contributed by atoms with Crippen LogP contribution < -0.4 is 10.4 Å². The molecule has 0 aliphatic heterocycles. The molecule has 2 heteroatoms. The van der Waals surface area contributed by atoms with Crippen molar-refractivity contribution in [1.82, 2.24) is 0 Å². The van der Waals surface area contributed by atoms with Gasteiger partial charge in [-0.25, -0.2) is 0 Å². The first-order valence-corrected chi connectivity index (χ1v) is 21.0. The zero-order chi connectivity index (χ0) is 32.3. The molecular weight excluding hydrogens is 621 g/mol. The predicted molar refractivity (Wildman–Crippen MR) is 195 cm³/mol. The summed E-state index contributed by atoms with van der Waals surface area (Å²) in [5.74, 6) is 8.24. The number of benzene rings is 4. The van der Waals surface area contributed by atoms with Crippen LogP contribution in [0.15, 0.2) is 35.9 Å². The molecule has 4 saturated carbocycles. The second-order valence-corrected chi connectivity index (χ2v) is 20.4. The topological polar surface area (TPSA) is 26.3 Å². The number of rotatable bonds is 5. The molecule has 0 aromatic heterocycles.